The minimum absolute atomic E-state index is 0.275. The lowest BCUT2D eigenvalue weighted by molar-refractivity contribution is -0.140. The molecule has 0 saturated carbocycles. The number of ether oxygens (including phenoxy) is 2. The molecule has 6 heteroatoms. The topological polar surface area (TPSA) is 98.9 Å². The zero-order valence-corrected chi connectivity index (χ0v) is 11.9. The Bertz CT molecular complexity index is 251. The summed E-state index contributed by atoms with van der Waals surface area (Å²) in [5.41, 5.74) is 5.10. The summed E-state index contributed by atoms with van der Waals surface area (Å²) in [5, 5.41) is 8.14. The molecule has 0 aromatic rings. The van der Waals surface area contributed by atoms with Crippen LogP contribution in [0.2, 0.25) is 0 Å². The number of rotatable bonds is 10. The van der Waals surface area contributed by atoms with Gasteiger partial charge < -0.3 is 20.3 Å². The third-order valence-corrected chi connectivity index (χ3v) is 1.97. The fourth-order valence-corrected chi connectivity index (χ4v) is 0.924. The van der Waals surface area contributed by atoms with Crippen LogP contribution in [0.5, 0.6) is 0 Å². The first kappa shape index (κ1) is 20.7. The van der Waals surface area contributed by atoms with Crippen molar-refractivity contribution in [1.29, 1.82) is 0 Å². The molecule has 0 spiro atoms. The second-order valence-corrected chi connectivity index (χ2v) is 3.67. The highest BCUT2D eigenvalue weighted by Gasteiger charge is 1.97. The molecule has 3 N–H and O–H groups in total. The molecule has 0 bridgehead atoms. The van der Waals surface area contributed by atoms with E-state index in [4.69, 9.17) is 20.3 Å². The monoisotopic (exact) mass is 287 g/mol. The van der Waals surface area contributed by atoms with Crippen LogP contribution in [0.3, 0.4) is 0 Å². The Morgan fingerprint density at radius 2 is 1.40 bits per heavy atom. The molecule has 0 rings (SSSR count). The Morgan fingerprint density at radius 1 is 0.950 bits per heavy atom. The van der Waals surface area contributed by atoms with Gasteiger partial charge in [0.1, 0.15) is 0 Å². The van der Waals surface area contributed by atoms with E-state index >= 15 is 0 Å². The number of esters is 2. The van der Waals surface area contributed by atoms with Crippen LogP contribution in [0.4, 0.5) is 0 Å². The molecular formula is C14H25NO5. The van der Waals surface area contributed by atoms with Crippen LogP contribution < -0.4 is 5.73 Å². The van der Waals surface area contributed by atoms with Crippen molar-refractivity contribution < 1.29 is 24.2 Å². The second-order valence-electron chi connectivity index (χ2n) is 3.67. The van der Waals surface area contributed by atoms with Gasteiger partial charge in [0.2, 0.25) is 0 Å². The van der Waals surface area contributed by atoms with Crippen molar-refractivity contribution in [3.63, 3.8) is 0 Å². The fourth-order valence-electron chi connectivity index (χ4n) is 0.924. The van der Waals surface area contributed by atoms with E-state index in [0.717, 1.165) is 25.0 Å². The van der Waals surface area contributed by atoms with Gasteiger partial charge in [-0.15, -0.1) is 0 Å². The van der Waals surface area contributed by atoms with Crippen molar-refractivity contribution in [2.75, 3.05) is 26.4 Å². The maximum atomic E-state index is 10.6. The van der Waals surface area contributed by atoms with Crippen LogP contribution in [-0.2, 0) is 19.1 Å². The number of hydrogen-bond acceptors (Lipinski definition) is 6. The Balaban J connectivity index is 0. The molecule has 0 aromatic heterocycles. The van der Waals surface area contributed by atoms with E-state index in [9.17, 15) is 9.59 Å². The number of unbranched alkanes of at least 4 members (excludes halogenated alkanes) is 2. The maximum Gasteiger partial charge on any atom is 0.330 e. The molecule has 0 aliphatic carbocycles. The summed E-state index contributed by atoms with van der Waals surface area (Å²) >= 11 is 0. The third kappa shape index (κ3) is 18.7. The van der Waals surface area contributed by atoms with E-state index in [-0.39, 0.29) is 6.61 Å². The largest absolute Gasteiger partial charge is 0.463 e. The molecule has 0 fully saturated rings. The van der Waals surface area contributed by atoms with Gasteiger partial charge in [0.25, 0.3) is 0 Å². The van der Waals surface area contributed by atoms with E-state index in [2.05, 4.69) is 13.2 Å². The normalized spacial score (nSPS) is 8.90. The molecule has 0 heterocycles. The van der Waals surface area contributed by atoms with Gasteiger partial charge in [0.05, 0.1) is 13.2 Å². The van der Waals surface area contributed by atoms with Gasteiger partial charge in [-0.2, -0.15) is 0 Å². The van der Waals surface area contributed by atoms with Crippen LogP contribution in [0.25, 0.3) is 0 Å². The number of aliphatic hydroxyl groups is 1. The molecule has 0 aromatic carbocycles. The summed E-state index contributed by atoms with van der Waals surface area (Å²) in [4.78, 5) is 21.1. The van der Waals surface area contributed by atoms with Crippen LogP contribution >= 0.6 is 0 Å². The summed E-state index contributed by atoms with van der Waals surface area (Å²) in [6.45, 7) is 8.11. The fraction of sp³-hybridized carbons (Fsp3) is 0.571. The van der Waals surface area contributed by atoms with Crippen LogP contribution in [0.15, 0.2) is 25.3 Å². The summed E-state index contributed by atoms with van der Waals surface area (Å²) in [6.07, 6.45) is 5.32. The first-order chi connectivity index (χ1) is 9.62. The summed E-state index contributed by atoms with van der Waals surface area (Å²) < 4.78 is 9.41. The van der Waals surface area contributed by atoms with Crippen molar-refractivity contribution in [3.05, 3.63) is 25.3 Å². The molecule has 116 valence electrons. The van der Waals surface area contributed by atoms with E-state index in [1.54, 1.807) is 0 Å². The lowest BCUT2D eigenvalue weighted by Gasteiger charge is -2.02. The van der Waals surface area contributed by atoms with E-state index in [1.165, 1.54) is 0 Å². The molecule has 20 heavy (non-hydrogen) atoms. The van der Waals surface area contributed by atoms with Crippen LogP contribution in [0.1, 0.15) is 25.7 Å². The number of nitrogens with two attached hydrogens (primary N) is 1. The quantitative estimate of drug-likeness (QED) is 0.352. The van der Waals surface area contributed by atoms with Crippen molar-refractivity contribution in [1.82, 2.24) is 0 Å². The van der Waals surface area contributed by atoms with Crippen molar-refractivity contribution >= 4 is 11.9 Å². The average Bonchev–Trinajstić information content (AvgIpc) is 2.48. The minimum atomic E-state index is -0.437. The van der Waals surface area contributed by atoms with Gasteiger partial charge in [0.15, 0.2) is 0 Å². The molecule has 0 saturated heterocycles. The highest BCUT2D eigenvalue weighted by molar-refractivity contribution is 5.81. The molecule has 0 atom stereocenters. The van der Waals surface area contributed by atoms with E-state index in [1.807, 2.05) is 0 Å². The molecule has 0 unspecified atom stereocenters. The molecule has 0 amide bonds. The van der Waals surface area contributed by atoms with Crippen molar-refractivity contribution in [3.8, 4) is 0 Å². The third-order valence-electron chi connectivity index (χ3n) is 1.97. The SMILES string of the molecule is C=CC(=O)OCCCCOC(=O)C=C.NCCCCO. The maximum absolute atomic E-state index is 10.6. The van der Waals surface area contributed by atoms with Gasteiger partial charge >= 0.3 is 11.9 Å². The van der Waals surface area contributed by atoms with Crippen LogP contribution in [0, 0.1) is 0 Å². The standard InChI is InChI=1S/C10H14O4.C4H11NO/c1-3-9(11)13-7-5-6-8-14-10(12)4-2;5-3-1-2-4-6/h3-4H,1-2,5-8H2;6H,1-5H2. The number of hydrogen-bond donors (Lipinski definition) is 2. The molecule has 0 aliphatic heterocycles. The van der Waals surface area contributed by atoms with Gasteiger partial charge in [-0.1, -0.05) is 13.2 Å². The Kier molecular flexibility index (Phi) is 17.9. The molecule has 0 aliphatic rings. The summed E-state index contributed by atoms with van der Waals surface area (Å²) in [6, 6.07) is 0. The highest BCUT2D eigenvalue weighted by Crippen LogP contribution is 1.93. The Hall–Kier alpha value is -1.66. The number of carbonyl (C=O) groups is 2. The second kappa shape index (κ2) is 17.3. The average molecular weight is 287 g/mol. The van der Waals surface area contributed by atoms with Gasteiger partial charge in [-0.25, -0.2) is 9.59 Å². The van der Waals surface area contributed by atoms with Crippen LogP contribution in [-0.4, -0.2) is 43.4 Å². The highest BCUT2D eigenvalue weighted by atomic mass is 16.5. The van der Waals surface area contributed by atoms with E-state index in [0.29, 0.717) is 32.6 Å². The smallest absolute Gasteiger partial charge is 0.330 e. The summed E-state index contributed by atoms with van der Waals surface area (Å²) in [5.74, 6) is -0.874. The van der Waals surface area contributed by atoms with Gasteiger partial charge in [-0.3, -0.25) is 0 Å². The molecular weight excluding hydrogens is 262 g/mol. The lowest BCUT2D eigenvalue weighted by atomic mass is 10.3. The van der Waals surface area contributed by atoms with Crippen molar-refractivity contribution in [2.24, 2.45) is 5.73 Å². The van der Waals surface area contributed by atoms with Gasteiger partial charge in [-0.05, 0) is 32.2 Å². The summed E-state index contributed by atoms with van der Waals surface area (Å²) in [7, 11) is 0. The Labute approximate surface area is 120 Å². The number of carbonyl (C=O) groups excluding carboxylic acids is 2. The zero-order chi connectivity index (χ0) is 15.6. The first-order valence-corrected chi connectivity index (χ1v) is 6.51. The minimum Gasteiger partial charge on any atom is -0.463 e. The first-order valence-electron chi connectivity index (χ1n) is 6.51. The zero-order valence-electron chi connectivity index (χ0n) is 11.9. The molecule has 0 radical (unpaired) electrons. The predicted octanol–water partition coefficient (Wildman–Crippen LogP) is 0.943. The van der Waals surface area contributed by atoms with Crippen molar-refractivity contribution in [2.45, 2.75) is 25.7 Å². The predicted molar refractivity (Wildman–Crippen MR) is 76.9 cm³/mol. The van der Waals surface area contributed by atoms with Gasteiger partial charge in [0, 0.05) is 18.8 Å². The number of aliphatic hydroxyl groups excluding tert-OH is 1. The Morgan fingerprint density at radius 3 is 1.65 bits per heavy atom. The van der Waals surface area contributed by atoms with E-state index < -0.39 is 11.9 Å². The molecule has 6 nitrogen and oxygen atoms in total. The lowest BCUT2D eigenvalue weighted by Crippen LogP contribution is -2.05.